The van der Waals surface area contributed by atoms with E-state index in [1.54, 1.807) is 0 Å². The van der Waals surface area contributed by atoms with E-state index in [0.717, 1.165) is 0 Å². The highest BCUT2D eigenvalue weighted by Crippen LogP contribution is 2.39. The third kappa shape index (κ3) is 0.831. The van der Waals surface area contributed by atoms with E-state index in [-0.39, 0.29) is 17.0 Å². The molecule has 1 atom stereocenters. The van der Waals surface area contributed by atoms with Crippen LogP contribution in [-0.2, 0) is 4.89 Å². The molecule has 0 bridgehead atoms. The summed E-state index contributed by atoms with van der Waals surface area (Å²) in [6.45, 7) is 0. The molecule has 0 radical (unpaired) electrons. The van der Waals surface area contributed by atoms with Crippen molar-refractivity contribution in [3.05, 3.63) is 23.5 Å². The quantitative estimate of drug-likeness (QED) is 0.479. The number of nitrogens with two attached hydrogens (primary N) is 1. The summed E-state index contributed by atoms with van der Waals surface area (Å²) in [5.74, 6) is -0.785. The van der Waals surface area contributed by atoms with Crippen LogP contribution in [0.2, 0.25) is 0 Å². The summed E-state index contributed by atoms with van der Waals surface area (Å²) in [5, 5.41) is 0. The van der Waals surface area contributed by atoms with Crippen molar-refractivity contribution < 1.29 is 18.6 Å². The summed E-state index contributed by atoms with van der Waals surface area (Å²) in [4.78, 5) is 8.47. The Labute approximate surface area is 66.6 Å². The molecule has 0 saturated carbocycles. The van der Waals surface area contributed by atoms with Gasteiger partial charge in [0, 0.05) is 0 Å². The largest absolute Gasteiger partial charge is 0.396 e. The molecule has 0 saturated heterocycles. The number of anilines is 1. The van der Waals surface area contributed by atoms with Gasteiger partial charge in [0.2, 0.25) is 0 Å². The minimum Gasteiger partial charge on any atom is -0.396 e. The van der Waals surface area contributed by atoms with E-state index in [1.165, 1.54) is 12.1 Å². The molecule has 2 rings (SSSR count). The van der Waals surface area contributed by atoms with E-state index < -0.39 is 12.2 Å². The van der Waals surface area contributed by atoms with Crippen molar-refractivity contribution in [2.75, 3.05) is 5.73 Å². The fourth-order valence-electron chi connectivity index (χ4n) is 1.02. The first-order chi connectivity index (χ1) is 5.70. The first kappa shape index (κ1) is 7.30. The van der Waals surface area contributed by atoms with Crippen molar-refractivity contribution in [3.63, 3.8) is 0 Å². The number of halogens is 2. The summed E-state index contributed by atoms with van der Waals surface area (Å²) in [6.07, 6.45) is -1.89. The van der Waals surface area contributed by atoms with Crippen LogP contribution >= 0.6 is 0 Å². The van der Waals surface area contributed by atoms with Crippen LogP contribution in [0.4, 0.5) is 14.5 Å². The lowest BCUT2D eigenvalue weighted by atomic mass is 10.1. The van der Waals surface area contributed by atoms with E-state index in [4.69, 9.17) is 5.73 Å². The molecule has 5 heteroatoms. The molecule has 1 aliphatic heterocycles. The molecule has 0 amide bonds. The zero-order valence-corrected chi connectivity index (χ0v) is 5.88. The van der Waals surface area contributed by atoms with Crippen molar-refractivity contribution in [1.82, 2.24) is 0 Å². The Hall–Kier alpha value is -1.36. The Balaban J connectivity index is 2.63. The van der Waals surface area contributed by atoms with E-state index in [1.807, 2.05) is 0 Å². The number of hydrogen-bond acceptors (Lipinski definition) is 3. The first-order valence-electron chi connectivity index (χ1n) is 3.25. The molecule has 0 aromatic heterocycles. The van der Waals surface area contributed by atoms with E-state index in [2.05, 4.69) is 9.78 Å². The van der Waals surface area contributed by atoms with Gasteiger partial charge >= 0.3 is 0 Å². The lowest BCUT2D eigenvalue weighted by Crippen LogP contribution is -1.96. The number of hydrogen-bond donors (Lipinski definition) is 1. The van der Waals surface area contributed by atoms with Crippen LogP contribution in [0.25, 0.3) is 0 Å². The van der Waals surface area contributed by atoms with Crippen molar-refractivity contribution >= 4 is 5.69 Å². The zero-order chi connectivity index (χ0) is 8.72. The molecular formula is C7H5F2NO2. The van der Waals surface area contributed by atoms with Crippen LogP contribution in [-0.4, -0.2) is 0 Å². The molecule has 1 aliphatic rings. The lowest BCUT2D eigenvalue weighted by molar-refractivity contribution is -0.261. The van der Waals surface area contributed by atoms with Crippen LogP contribution < -0.4 is 10.6 Å². The zero-order valence-electron chi connectivity index (χ0n) is 5.88. The topological polar surface area (TPSA) is 44.5 Å². The Morgan fingerprint density at radius 1 is 1.42 bits per heavy atom. The number of nitrogen functional groups attached to an aromatic ring is 1. The highest BCUT2D eigenvalue weighted by molar-refractivity contribution is 5.50. The fraction of sp³-hybridized carbons (Fsp3) is 0.143. The van der Waals surface area contributed by atoms with E-state index >= 15 is 0 Å². The average molecular weight is 173 g/mol. The maximum absolute atomic E-state index is 13.0. The Kier molecular flexibility index (Phi) is 1.41. The van der Waals surface area contributed by atoms with Gasteiger partial charge in [-0.2, -0.15) is 0 Å². The van der Waals surface area contributed by atoms with E-state index in [0.29, 0.717) is 0 Å². The molecule has 1 aromatic rings. The van der Waals surface area contributed by atoms with Gasteiger partial charge in [0.05, 0.1) is 5.69 Å². The minimum atomic E-state index is -1.89. The standard InChI is InChI=1S/C7H5F2NO2/c8-6-3(10)1-2-4-5(6)7(9)12-11-4/h1-2,7H,10H2. The summed E-state index contributed by atoms with van der Waals surface area (Å²) in [7, 11) is 0. The molecular weight excluding hydrogens is 168 g/mol. The van der Waals surface area contributed by atoms with Gasteiger partial charge in [-0.1, -0.05) is 0 Å². The SMILES string of the molecule is Nc1ccc2c(c1F)C(F)OO2. The van der Waals surface area contributed by atoms with Gasteiger partial charge in [-0.25, -0.2) is 8.78 Å². The summed E-state index contributed by atoms with van der Waals surface area (Å²) < 4.78 is 25.7. The first-order valence-corrected chi connectivity index (χ1v) is 3.25. The minimum absolute atomic E-state index is 0.0363. The molecule has 12 heavy (non-hydrogen) atoms. The van der Waals surface area contributed by atoms with Gasteiger partial charge in [0.1, 0.15) is 5.56 Å². The van der Waals surface area contributed by atoms with Gasteiger partial charge in [0.25, 0.3) is 6.36 Å². The summed E-state index contributed by atoms with van der Waals surface area (Å²) in [5.41, 5.74) is 4.81. The monoisotopic (exact) mass is 173 g/mol. The molecule has 64 valence electrons. The van der Waals surface area contributed by atoms with Crippen molar-refractivity contribution in [1.29, 1.82) is 0 Å². The summed E-state index contributed by atoms with van der Waals surface area (Å²) in [6, 6.07) is 2.64. The second-order valence-corrected chi connectivity index (χ2v) is 2.38. The predicted molar refractivity (Wildman–Crippen MR) is 36.4 cm³/mol. The van der Waals surface area contributed by atoms with Crippen molar-refractivity contribution in [2.45, 2.75) is 6.36 Å². The molecule has 1 aromatic carbocycles. The van der Waals surface area contributed by atoms with Crippen LogP contribution in [0.1, 0.15) is 11.9 Å². The fourth-order valence-corrected chi connectivity index (χ4v) is 1.02. The molecule has 0 fully saturated rings. The number of benzene rings is 1. The second kappa shape index (κ2) is 2.31. The summed E-state index contributed by atoms with van der Waals surface area (Å²) >= 11 is 0. The molecule has 1 heterocycles. The Bertz CT molecular complexity index is 329. The molecule has 1 unspecified atom stereocenters. The van der Waals surface area contributed by atoms with Crippen LogP contribution in [0.15, 0.2) is 12.1 Å². The Morgan fingerprint density at radius 3 is 2.92 bits per heavy atom. The molecule has 2 N–H and O–H groups in total. The highest BCUT2D eigenvalue weighted by Gasteiger charge is 2.30. The second-order valence-electron chi connectivity index (χ2n) is 2.38. The third-order valence-corrected chi connectivity index (χ3v) is 1.62. The lowest BCUT2D eigenvalue weighted by Gasteiger charge is -1.99. The van der Waals surface area contributed by atoms with Gasteiger partial charge in [-0.3, -0.25) is 0 Å². The van der Waals surface area contributed by atoms with Gasteiger partial charge in [-0.15, -0.1) is 4.89 Å². The average Bonchev–Trinajstić information content (AvgIpc) is 2.41. The smallest absolute Gasteiger partial charge is 0.274 e. The van der Waals surface area contributed by atoms with E-state index in [9.17, 15) is 8.78 Å². The molecule has 3 nitrogen and oxygen atoms in total. The van der Waals surface area contributed by atoms with Gasteiger partial charge < -0.3 is 10.6 Å². The Morgan fingerprint density at radius 2 is 2.17 bits per heavy atom. The number of rotatable bonds is 0. The molecule has 0 spiro atoms. The van der Waals surface area contributed by atoms with Crippen LogP contribution in [0.3, 0.4) is 0 Å². The van der Waals surface area contributed by atoms with Crippen LogP contribution in [0, 0.1) is 5.82 Å². The van der Waals surface area contributed by atoms with Crippen LogP contribution in [0.5, 0.6) is 5.75 Å². The maximum atomic E-state index is 13.0. The third-order valence-electron chi connectivity index (χ3n) is 1.62. The van der Waals surface area contributed by atoms with Gasteiger partial charge in [-0.05, 0) is 12.1 Å². The van der Waals surface area contributed by atoms with Gasteiger partial charge in [0.15, 0.2) is 11.6 Å². The number of alkyl halides is 1. The highest BCUT2D eigenvalue weighted by atomic mass is 19.2. The molecule has 0 aliphatic carbocycles. The predicted octanol–water partition coefficient (Wildman–Crippen LogP) is 1.70. The van der Waals surface area contributed by atoms with Crippen molar-refractivity contribution in [3.8, 4) is 5.75 Å². The maximum Gasteiger partial charge on any atom is 0.274 e. The normalized spacial score (nSPS) is 20.3. The van der Waals surface area contributed by atoms with Crippen molar-refractivity contribution in [2.24, 2.45) is 0 Å². The number of fused-ring (bicyclic) bond motifs is 1.